The summed E-state index contributed by atoms with van der Waals surface area (Å²) in [4.78, 5) is 12.1. The van der Waals surface area contributed by atoms with Gasteiger partial charge in [-0.1, -0.05) is 24.1 Å². The van der Waals surface area contributed by atoms with Gasteiger partial charge < -0.3 is 19.1 Å². The van der Waals surface area contributed by atoms with Gasteiger partial charge in [0.1, 0.15) is 24.1 Å². The lowest BCUT2D eigenvalue weighted by Crippen LogP contribution is -2.42. The van der Waals surface area contributed by atoms with Gasteiger partial charge in [0.2, 0.25) is 10.0 Å². The highest BCUT2D eigenvalue weighted by molar-refractivity contribution is 7.89. The normalized spacial score (nSPS) is 11.7. The molecule has 204 valence electrons. The van der Waals surface area contributed by atoms with Crippen LogP contribution < -0.4 is 14.2 Å². The second-order valence-corrected chi connectivity index (χ2v) is 10.6. The molecule has 40 heavy (non-hydrogen) atoms. The number of ether oxygens (including phenoxy) is 2. The Kier molecular flexibility index (Phi) is 8.75. The van der Waals surface area contributed by atoms with Crippen LogP contribution in [0.5, 0.6) is 11.5 Å². The van der Waals surface area contributed by atoms with Crippen LogP contribution in [0.25, 0.3) is 10.9 Å². The number of aromatic nitrogens is 1. The van der Waals surface area contributed by atoms with Crippen molar-refractivity contribution in [3.63, 3.8) is 0 Å². The molecule has 0 bridgehead atoms. The molecule has 1 aromatic heterocycles. The molecule has 0 amide bonds. The zero-order valence-electron chi connectivity index (χ0n) is 21.9. The molecule has 0 spiro atoms. The maximum absolute atomic E-state index is 13.1. The molecule has 10 heteroatoms. The molecule has 9 nitrogen and oxygen atoms in total. The molecule has 4 rings (SSSR count). The van der Waals surface area contributed by atoms with Crippen molar-refractivity contribution < 1.29 is 27.8 Å². The molecule has 0 aliphatic rings. The third kappa shape index (κ3) is 6.44. The lowest BCUT2D eigenvalue weighted by atomic mass is 10.1. The zero-order chi connectivity index (χ0) is 28.7. The van der Waals surface area contributed by atoms with Crippen LogP contribution in [-0.4, -0.2) is 43.8 Å². The highest BCUT2D eigenvalue weighted by Crippen LogP contribution is 2.28. The van der Waals surface area contributed by atoms with Crippen molar-refractivity contribution in [2.45, 2.75) is 30.8 Å². The summed E-state index contributed by atoms with van der Waals surface area (Å²) in [5, 5.41) is 20.2. The first-order valence-corrected chi connectivity index (χ1v) is 13.8. The molecule has 3 aromatic carbocycles. The van der Waals surface area contributed by atoms with E-state index >= 15 is 0 Å². The number of carboxylic acids is 1. The van der Waals surface area contributed by atoms with Gasteiger partial charge in [-0.25, -0.2) is 8.42 Å². The van der Waals surface area contributed by atoms with Gasteiger partial charge in [-0.05, 0) is 66.6 Å². The Morgan fingerprint density at radius 3 is 2.48 bits per heavy atom. The van der Waals surface area contributed by atoms with Crippen LogP contribution in [0.3, 0.4) is 0 Å². The number of nitriles is 1. The summed E-state index contributed by atoms with van der Waals surface area (Å²) in [5.74, 6) is 5.15. The Morgan fingerprint density at radius 1 is 1.07 bits per heavy atom. The molecule has 2 N–H and O–H groups in total. The second-order valence-electron chi connectivity index (χ2n) is 8.84. The lowest BCUT2D eigenvalue weighted by molar-refractivity contribution is -0.138. The van der Waals surface area contributed by atoms with Crippen LogP contribution in [-0.2, 0) is 27.8 Å². The molecule has 0 aliphatic carbocycles. The Bertz CT molecular complexity index is 1740. The van der Waals surface area contributed by atoms with E-state index in [9.17, 15) is 23.6 Å². The minimum absolute atomic E-state index is 0.0927. The average Bonchev–Trinajstić information content (AvgIpc) is 3.29. The highest BCUT2D eigenvalue weighted by atomic mass is 32.2. The van der Waals surface area contributed by atoms with Gasteiger partial charge >= 0.3 is 5.97 Å². The molecular formula is C30H27N3O6S. The Balaban J connectivity index is 1.64. The number of fused-ring (bicyclic) bond motifs is 1. The van der Waals surface area contributed by atoms with E-state index in [0.29, 0.717) is 29.2 Å². The van der Waals surface area contributed by atoms with Crippen molar-refractivity contribution in [2.24, 2.45) is 0 Å². The summed E-state index contributed by atoms with van der Waals surface area (Å²) in [6, 6.07) is 19.1. The quantitative estimate of drug-likeness (QED) is 0.267. The maximum atomic E-state index is 13.1. The molecule has 1 atom stereocenters. The number of methoxy groups -OCH3 is 1. The Morgan fingerprint density at radius 2 is 1.80 bits per heavy atom. The molecule has 4 aromatic rings. The number of aliphatic carboxylic acids is 1. The zero-order valence-corrected chi connectivity index (χ0v) is 22.7. The fourth-order valence-corrected chi connectivity index (χ4v) is 5.47. The van der Waals surface area contributed by atoms with Gasteiger partial charge in [0.25, 0.3) is 0 Å². The van der Waals surface area contributed by atoms with E-state index in [0.717, 1.165) is 16.5 Å². The van der Waals surface area contributed by atoms with Crippen molar-refractivity contribution in [3.8, 4) is 29.4 Å². The summed E-state index contributed by atoms with van der Waals surface area (Å²) < 4.78 is 41.2. The highest BCUT2D eigenvalue weighted by Gasteiger charge is 2.27. The largest absolute Gasteiger partial charge is 0.497 e. The van der Waals surface area contributed by atoms with Crippen LogP contribution in [0.2, 0.25) is 0 Å². The molecule has 0 aliphatic heterocycles. The second kappa shape index (κ2) is 12.4. The van der Waals surface area contributed by atoms with Gasteiger partial charge in [0.05, 0.1) is 23.6 Å². The van der Waals surface area contributed by atoms with E-state index in [4.69, 9.17) is 9.47 Å². The summed E-state index contributed by atoms with van der Waals surface area (Å²) >= 11 is 0. The van der Waals surface area contributed by atoms with Gasteiger partial charge in [0.15, 0.2) is 0 Å². The van der Waals surface area contributed by atoms with E-state index in [-0.39, 0.29) is 17.9 Å². The molecule has 0 saturated heterocycles. The van der Waals surface area contributed by atoms with Gasteiger partial charge in [-0.3, -0.25) is 4.79 Å². The number of nitrogens with one attached hydrogen (secondary N) is 1. The third-order valence-corrected chi connectivity index (χ3v) is 7.78. The monoisotopic (exact) mass is 557 g/mol. The van der Waals surface area contributed by atoms with Crippen LogP contribution in [0, 0.1) is 23.2 Å². The number of hydrogen-bond acceptors (Lipinski definition) is 6. The first kappa shape index (κ1) is 28.2. The van der Waals surface area contributed by atoms with Crippen LogP contribution >= 0.6 is 0 Å². The summed E-state index contributed by atoms with van der Waals surface area (Å²) in [5.41, 5.74) is 2.73. The Hall–Kier alpha value is -4.77. The number of sulfonamides is 1. The molecule has 0 saturated carbocycles. The summed E-state index contributed by atoms with van der Waals surface area (Å²) in [6.07, 6.45) is 1.66. The van der Waals surface area contributed by atoms with Crippen LogP contribution in [0.1, 0.15) is 23.6 Å². The van der Waals surface area contributed by atoms with Crippen LogP contribution in [0.4, 0.5) is 0 Å². The minimum atomic E-state index is -4.17. The Labute approximate surface area is 232 Å². The standard InChI is InChI=1S/C30H27N3O6S/c1-3-4-15-39-24-9-12-26(13-10-24)40(36,37)32-28(30(34)35)16-23-20-33(19-22-8-6-5-7-21(22)18-31)29-14-11-25(38-2)17-27(23)29/h5-14,17,20,28,32H,15-16,19H2,1-2H3,(H,34,35)/t28-/m0/s1. The molecular weight excluding hydrogens is 530 g/mol. The van der Waals surface area contributed by atoms with E-state index in [1.807, 2.05) is 22.8 Å². The van der Waals surface area contributed by atoms with Gasteiger partial charge in [0, 0.05) is 30.1 Å². The number of carbonyl (C=O) groups is 1. The van der Waals surface area contributed by atoms with Crippen molar-refractivity contribution >= 4 is 26.9 Å². The molecule has 0 unspecified atom stereocenters. The summed E-state index contributed by atoms with van der Waals surface area (Å²) in [7, 11) is -2.63. The predicted molar refractivity (Wildman–Crippen MR) is 150 cm³/mol. The first-order chi connectivity index (χ1) is 19.2. The van der Waals surface area contributed by atoms with Crippen molar-refractivity contribution in [1.82, 2.24) is 9.29 Å². The fourth-order valence-electron chi connectivity index (χ4n) is 4.28. The number of nitrogens with zero attached hydrogens (tertiary/aromatic N) is 2. The number of carboxylic acid groups (broad SMARTS) is 1. The van der Waals surface area contributed by atoms with E-state index in [1.54, 1.807) is 37.4 Å². The first-order valence-electron chi connectivity index (χ1n) is 12.3. The fraction of sp³-hybridized carbons (Fsp3) is 0.200. The number of hydrogen-bond donors (Lipinski definition) is 2. The minimum Gasteiger partial charge on any atom is -0.497 e. The van der Waals surface area contributed by atoms with Crippen molar-refractivity contribution in [3.05, 3.63) is 89.6 Å². The SMILES string of the molecule is CC#CCOc1ccc(S(=O)(=O)N[C@@H](Cc2cn(Cc3ccccc3C#N)c3ccc(OC)cc23)C(=O)O)cc1. The lowest BCUT2D eigenvalue weighted by Gasteiger charge is -2.15. The maximum Gasteiger partial charge on any atom is 0.322 e. The number of benzene rings is 3. The topological polar surface area (TPSA) is 131 Å². The van der Waals surface area contributed by atoms with Gasteiger partial charge in [-0.2, -0.15) is 9.98 Å². The molecule has 0 radical (unpaired) electrons. The smallest absolute Gasteiger partial charge is 0.322 e. The average molecular weight is 558 g/mol. The van der Waals surface area contributed by atoms with Crippen LogP contribution in [0.15, 0.2) is 77.8 Å². The van der Waals surface area contributed by atoms with Crippen molar-refractivity contribution in [2.75, 3.05) is 13.7 Å². The third-order valence-electron chi connectivity index (χ3n) is 6.29. The van der Waals surface area contributed by atoms with E-state index in [2.05, 4.69) is 22.6 Å². The van der Waals surface area contributed by atoms with E-state index in [1.165, 1.54) is 31.4 Å². The van der Waals surface area contributed by atoms with Crippen molar-refractivity contribution in [1.29, 1.82) is 5.26 Å². The number of rotatable bonds is 11. The van der Waals surface area contributed by atoms with Gasteiger partial charge in [-0.15, -0.1) is 5.92 Å². The molecule has 0 fully saturated rings. The molecule has 1 heterocycles. The summed E-state index contributed by atoms with van der Waals surface area (Å²) in [6.45, 7) is 2.22. The predicted octanol–water partition coefficient (Wildman–Crippen LogP) is 3.95. The van der Waals surface area contributed by atoms with E-state index < -0.39 is 22.0 Å².